The highest BCUT2D eigenvalue weighted by molar-refractivity contribution is 6.32. The van der Waals surface area contributed by atoms with Crippen molar-refractivity contribution in [1.82, 2.24) is 20.1 Å². The first-order valence-corrected chi connectivity index (χ1v) is 24.3. The van der Waals surface area contributed by atoms with Gasteiger partial charge in [0.2, 0.25) is 17.7 Å². The second-order valence-corrected chi connectivity index (χ2v) is 19.3. The lowest BCUT2D eigenvalue weighted by atomic mass is 9.73. The zero-order valence-electron chi connectivity index (χ0n) is 38.3. The fraction of sp³-hybridized carbons (Fsp3) is 0.377. The van der Waals surface area contributed by atoms with Crippen LogP contribution in [-0.4, -0.2) is 102 Å². The van der Waals surface area contributed by atoms with E-state index in [9.17, 15) is 33.2 Å². The van der Waals surface area contributed by atoms with E-state index in [1.54, 1.807) is 48.7 Å². The Labute approximate surface area is 404 Å². The summed E-state index contributed by atoms with van der Waals surface area (Å²) in [6.07, 6.45) is 6.58. The molecule has 1 aliphatic carbocycles. The van der Waals surface area contributed by atoms with Crippen LogP contribution in [0.1, 0.15) is 101 Å². The summed E-state index contributed by atoms with van der Waals surface area (Å²) in [5.41, 5.74) is 5.16. The number of fused-ring (bicyclic) bond motifs is 2. The quantitative estimate of drug-likeness (QED) is 0.131. The molecule has 5 aromatic rings. The Morgan fingerprint density at radius 2 is 1.57 bits per heavy atom. The lowest BCUT2D eigenvalue weighted by molar-refractivity contribution is -0.136. The predicted octanol–water partition coefficient (Wildman–Crippen LogP) is 7.99. The second-order valence-electron chi connectivity index (χ2n) is 18.9. The van der Waals surface area contributed by atoms with Crippen molar-refractivity contribution in [2.24, 2.45) is 11.8 Å². The summed E-state index contributed by atoms with van der Waals surface area (Å²) in [6.45, 7) is 5.29. The third kappa shape index (κ3) is 9.24. The zero-order chi connectivity index (χ0) is 47.9. The molecule has 1 saturated carbocycles. The van der Waals surface area contributed by atoms with Crippen molar-refractivity contribution in [2.45, 2.75) is 76.4 Å². The van der Waals surface area contributed by atoms with E-state index in [1.807, 2.05) is 48.2 Å². The molecule has 14 nitrogen and oxygen atoms in total. The van der Waals surface area contributed by atoms with Crippen molar-refractivity contribution in [3.8, 4) is 5.75 Å². The number of anilines is 3. The summed E-state index contributed by atoms with van der Waals surface area (Å²) in [7, 11) is 0. The second kappa shape index (κ2) is 19.3. The number of ether oxygens (including phenoxy) is 1. The summed E-state index contributed by atoms with van der Waals surface area (Å²) in [5.74, 6) is -1.75. The molecule has 4 aliphatic heterocycles. The Morgan fingerprint density at radius 1 is 0.812 bits per heavy atom. The number of benzene rings is 4. The van der Waals surface area contributed by atoms with Gasteiger partial charge in [-0.05, 0) is 116 Å². The Bertz CT molecular complexity index is 2870. The normalized spacial score (nSPS) is 21.6. The molecule has 1 aromatic heterocycles. The van der Waals surface area contributed by atoms with E-state index in [0.717, 1.165) is 52.7 Å². The maximum atomic E-state index is 14.1. The molecule has 356 valence electrons. The largest absolute Gasteiger partial charge is 0.489 e. The standard InChI is InChI=1S/C53H53ClFN7O7/c1-31(32-8-10-33(11-9-32)39-18-21-56-43-15-12-35(55)29-41(39)43)49(64)57-36-13-14-42(54)46(30-36)69-38-19-22-61(23-20-38)51(66)34-4-2-5-37(28-34)59-24-26-60(27-25-59)44-7-3-6-40-48(44)53(68)62(52(40)67)45-16-17-47(63)58-50(45)65/h2-7,12-15,18,21,28-33,38,45H,8-11,16-17,19-20,22-27H2,1H3,(H,57,64)(H,58,63,65)/t31-,32-,33+,45?/m1/s1. The van der Waals surface area contributed by atoms with Crippen LogP contribution in [0.4, 0.5) is 21.5 Å². The van der Waals surface area contributed by atoms with Gasteiger partial charge < -0.3 is 24.8 Å². The van der Waals surface area contributed by atoms with E-state index in [2.05, 4.69) is 25.4 Å². The molecular formula is C53H53ClFN7O7. The van der Waals surface area contributed by atoms with Crippen LogP contribution < -0.4 is 25.2 Å². The van der Waals surface area contributed by atoms with Gasteiger partial charge in [-0.1, -0.05) is 30.7 Å². The average molecular weight is 954 g/mol. The molecule has 4 fully saturated rings. The van der Waals surface area contributed by atoms with Crippen LogP contribution in [0.2, 0.25) is 5.02 Å². The maximum absolute atomic E-state index is 14.1. The lowest BCUT2D eigenvalue weighted by Crippen LogP contribution is -2.54. The van der Waals surface area contributed by atoms with Crippen LogP contribution in [0.25, 0.3) is 10.9 Å². The number of halogens is 2. The number of nitrogens with one attached hydrogen (secondary N) is 2. The van der Waals surface area contributed by atoms with Gasteiger partial charge >= 0.3 is 0 Å². The molecule has 5 heterocycles. The van der Waals surface area contributed by atoms with Crippen molar-refractivity contribution in [3.05, 3.63) is 124 Å². The number of likely N-dealkylation sites (tertiary alicyclic amines) is 1. The zero-order valence-corrected chi connectivity index (χ0v) is 39.1. The van der Waals surface area contributed by atoms with Crippen molar-refractivity contribution < 1.29 is 37.9 Å². The first-order valence-electron chi connectivity index (χ1n) is 23.9. The molecule has 0 radical (unpaired) electrons. The fourth-order valence-electron chi connectivity index (χ4n) is 10.9. The van der Waals surface area contributed by atoms with E-state index in [4.69, 9.17) is 16.3 Å². The van der Waals surface area contributed by atoms with Crippen LogP contribution in [0.15, 0.2) is 91.1 Å². The van der Waals surface area contributed by atoms with E-state index in [0.29, 0.717) is 79.8 Å². The number of piperazine rings is 1. The van der Waals surface area contributed by atoms with Crippen LogP contribution >= 0.6 is 11.6 Å². The fourth-order valence-corrected chi connectivity index (χ4v) is 11.1. The van der Waals surface area contributed by atoms with E-state index < -0.39 is 29.7 Å². The highest BCUT2D eigenvalue weighted by Gasteiger charge is 2.46. The summed E-state index contributed by atoms with van der Waals surface area (Å²) in [5, 5.41) is 6.63. The van der Waals surface area contributed by atoms with Gasteiger partial charge in [0.15, 0.2) is 0 Å². The number of carbonyl (C=O) groups excluding carboxylic acids is 6. The number of hydrogen-bond acceptors (Lipinski definition) is 10. The van der Waals surface area contributed by atoms with Crippen LogP contribution in [0.5, 0.6) is 5.75 Å². The molecule has 69 heavy (non-hydrogen) atoms. The first kappa shape index (κ1) is 45.9. The highest BCUT2D eigenvalue weighted by atomic mass is 35.5. The Morgan fingerprint density at radius 3 is 2.33 bits per heavy atom. The van der Waals surface area contributed by atoms with Gasteiger partial charge in [-0.2, -0.15) is 0 Å². The molecule has 1 unspecified atom stereocenters. The number of pyridine rings is 1. The maximum Gasteiger partial charge on any atom is 0.264 e. The van der Waals surface area contributed by atoms with Gasteiger partial charge in [0.1, 0.15) is 23.7 Å². The molecule has 0 bridgehead atoms. The average Bonchev–Trinajstić information content (AvgIpc) is 3.62. The van der Waals surface area contributed by atoms with Gasteiger partial charge in [-0.25, -0.2) is 4.39 Å². The monoisotopic (exact) mass is 953 g/mol. The summed E-state index contributed by atoms with van der Waals surface area (Å²) in [6, 6.07) is 23.7. The molecule has 16 heteroatoms. The number of rotatable bonds is 10. The van der Waals surface area contributed by atoms with Gasteiger partial charge in [0.25, 0.3) is 17.7 Å². The van der Waals surface area contributed by atoms with E-state index in [-0.39, 0.29) is 65.5 Å². The summed E-state index contributed by atoms with van der Waals surface area (Å²) in [4.78, 5) is 90.5. The lowest BCUT2D eigenvalue weighted by Gasteiger charge is -2.38. The number of hydrogen-bond donors (Lipinski definition) is 2. The van der Waals surface area contributed by atoms with Gasteiger partial charge in [-0.15, -0.1) is 0 Å². The SMILES string of the molecule is C[C@@H](C(=O)Nc1ccc(Cl)c(OC2CCN(C(=O)c3cccc(N4CCN(c5cccc6c5C(=O)N(C5CCC(=O)NC5=O)C6=O)CC4)c3)CC2)c1)[C@H]1CC[C@@H](c2ccnc3ccc(F)cc32)CC1. The van der Waals surface area contributed by atoms with Crippen molar-refractivity contribution >= 4 is 75.0 Å². The minimum absolute atomic E-state index is 0.0538. The van der Waals surface area contributed by atoms with Crippen molar-refractivity contribution in [1.29, 1.82) is 0 Å². The number of amides is 6. The van der Waals surface area contributed by atoms with Crippen molar-refractivity contribution in [3.63, 3.8) is 0 Å². The molecule has 5 aliphatic rings. The molecule has 3 saturated heterocycles. The summed E-state index contributed by atoms with van der Waals surface area (Å²) >= 11 is 6.61. The molecule has 10 rings (SSSR count). The smallest absolute Gasteiger partial charge is 0.264 e. The van der Waals surface area contributed by atoms with Crippen LogP contribution in [-0.2, 0) is 14.4 Å². The topological polar surface area (TPSA) is 162 Å². The molecular weight excluding hydrogens is 901 g/mol. The highest BCUT2D eigenvalue weighted by Crippen LogP contribution is 2.42. The first-order chi connectivity index (χ1) is 33.4. The molecule has 0 spiro atoms. The number of aromatic nitrogens is 1. The number of imide groups is 2. The molecule has 6 amide bonds. The third-order valence-electron chi connectivity index (χ3n) is 14.8. The van der Waals surface area contributed by atoms with Crippen molar-refractivity contribution in [2.75, 3.05) is 54.4 Å². The van der Waals surface area contributed by atoms with Crippen LogP contribution in [0, 0.1) is 17.7 Å². The molecule has 4 aromatic carbocycles. The number of nitrogens with zero attached hydrogens (tertiary/aromatic N) is 5. The van der Waals surface area contributed by atoms with Gasteiger partial charge in [0.05, 0.1) is 27.4 Å². The Balaban J connectivity index is 0.701. The number of carbonyl (C=O) groups is 6. The number of piperidine rings is 2. The van der Waals surface area contributed by atoms with Crippen LogP contribution in [0.3, 0.4) is 0 Å². The molecule has 2 atom stereocenters. The van der Waals surface area contributed by atoms with E-state index >= 15 is 0 Å². The van der Waals surface area contributed by atoms with Gasteiger partial charge in [0, 0.05) is 99.0 Å². The third-order valence-corrected chi connectivity index (χ3v) is 15.1. The Hall–Kier alpha value is -6.87. The summed E-state index contributed by atoms with van der Waals surface area (Å²) < 4.78 is 20.5. The Kier molecular flexibility index (Phi) is 12.8. The minimum Gasteiger partial charge on any atom is -0.489 e. The minimum atomic E-state index is -1.03. The van der Waals surface area contributed by atoms with E-state index in [1.165, 1.54) is 6.07 Å². The predicted molar refractivity (Wildman–Crippen MR) is 259 cm³/mol. The molecule has 2 N–H and O–H groups in total. The van der Waals surface area contributed by atoms with Gasteiger partial charge in [-0.3, -0.25) is 44.0 Å².